The van der Waals surface area contributed by atoms with Crippen LogP contribution in [-0.2, 0) is 16.1 Å². The van der Waals surface area contributed by atoms with Crippen LogP contribution in [0.1, 0.15) is 24.1 Å². The summed E-state index contributed by atoms with van der Waals surface area (Å²) in [5, 5.41) is 1.94. The van der Waals surface area contributed by atoms with E-state index in [1.54, 1.807) is 0 Å². The lowest BCUT2D eigenvalue weighted by Crippen LogP contribution is -2.44. The molecule has 2 aliphatic heterocycles. The largest absolute Gasteiger partial charge is 0.281 e. The smallest absolute Gasteiger partial charge is 0.248 e. The van der Waals surface area contributed by atoms with Gasteiger partial charge < -0.3 is 0 Å². The minimum absolute atomic E-state index is 0.0746. The molecule has 4 rings (SSSR count). The molecule has 0 spiro atoms. The molecule has 0 unspecified atom stereocenters. The molecule has 0 radical (unpaired) electrons. The van der Waals surface area contributed by atoms with Crippen molar-refractivity contribution >= 4 is 11.8 Å². The maximum absolute atomic E-state index is 12.8. The van der Waals surface area contributed by atoms with Gasteiger partial charge in [-0.2, -0.15) is 0 Å². The van der Waals surface area contributed by atoms with Gasteiger partial charge in [-0.1, -0.05) is 60.7 Å². The average molecular weight is 335 g/mol. The standard InChI is InChI=1S/C20H21N3O2/c1-2-22-19(24)16-17(15-11-7-4-8-12-15)21-23(18(16)20(22)25)13-14-9-5-3-6-10-14/h3-12,16-18,21H,2,13H2,1H3/t16-,17-,18-/m0/s1. The maximum Gasteiger partial charge on any atom is 0.248 e. The van der Waals surface area contributed by atoms with E-state index in [0.717, 1.165) is 11.1 Å². The van der Waals surface area contributed by atoms with Gasteiger partial charge in [0.05, 0.1) is 12.0 Å². The molecule has 2 aromatic rings. The van der Waals surface area contributed by atoms with Gasteiger partial charge in [0.15, 0.2) is 0 Å². The van der Waals surface area contributed by atoms with E-state index in [-0.39, 0.29) is 23.8 Å². The number of rotatable bonds is 4. The minimum atomic E-state index is -0.446. The SMILES string of the molecule is CCN1C(=O)[C@@H]2[C@@H](C1=O)N(Cc1ccccc1)N[C@H]2c1ccccc1. The van der Waals surface area contributed by atoms with E-state index >= 15 is 0 Å². The van der Waals surface area contributed by atoms with E-state index in [4.69, 9.17) is 0 Å². The summed E-state index contributed by atoms with van der Waals surface area (Å²) in [7, 11) is 0. The Balaban J connectivity index is 1.69. The van der Waals surface area contributed by atoms with Gasteiger partial charge in [-0.15, -0.1) is 0 Å². The molecule has 5 heteroatoms. The van der Waals surface area contributed by atoms with Gasteiger partial charge in [-0.25, -0.2) is 10.4 Å². The third kappa shape index (κ3) is 2.65. The Morgan fingerprint density at radius 3 is 2.20 bits per heavy atom. The molecular formula is C20H21N3O2. The topological polar surface area (TPSA) is 52.7 Å². The zero-order chi connectivity index (χ0) is 17.4. The third-order valence-electron chi connectivity index (χ3n) is 5.08. The number of likely N-dealkylation sites (tertiary alicyclic amines) is 1. The maximum atomic E-state index is 12.8. The van der Waals surface area contributed by atoms with Crippen LogP contribution in [0.5, 0.6) is 0 Å². The summed E-state index contributed by atoms with van der Waals surface area (Å²) in [5.41, 5.74) is 5.57. The van der Waals surface area contributed by atoms with Gasteiger partial charge in [-0.05, 0) is 18.1 Å². The van der Waals surface area contributed by atoms with Crippen molar-refractivity contribution in [3.8, 4) is 0 Å². The second-order valence-corrected chi connectivity index (χ2v) is 6.52. The quantitative estimate of drug-likeness (QED) is 0.870. The summed E-state index contributed by atoms with van der Waals surface area (Å²) in [5.74, 6) is -0.549. The van der Waals surface area contributed by atoms with Crippen LogP contribution in [0.3, 0.4) is 0 Å². The molecule has 2 amide bonds. The Kier molecular flexibility index (Phi) is 4.11. The van der Waals surface area contributed by atoms with Crippen molar-refractivity contribution in [3.05, 3.63) is 71.8 Å². The van der Waals surface area contributed by atoms with E-state index in [2.05, 4.69) is 5.43 Å². The molecule has 0 aromatic heterocycles. The highest BCUT2D eigenvalue weighted by atomic mass is 16.2. The summed E-state index contributed by atoms with van der Waals surface area (Å²) < 4.78 is 0. The molecule has 0 aliphatic carbocycles. The fraction of sp³-hybridized carbons (Fsp3) is 0.300. The summed E-state index contributed by atoms with van der Waals surface area (Å²) in [6.07, 6.45) is 0. The van der Waals surface area contributed by atoms with Crippen molar-refractivity contribution in [1.82, 2.24) is 15.3 Å². The second-order valence-electron chi connectivity index (χ2n) is 6.52. The highest BCUT2D eigenvalue weighted by molar-refractivity contribution is 6.07. The van der Waals surface area contributed by atoms with Crippen LogP contribution in [0.2, 0.25) is 0 Å². The monoisotopic (exact) mass is 335 g/mol. The van der Waals surface area contributed by atoms with E-state index < -0.39 is 6.04 Å². The molecule has 128 valence electrons. The number of carbonyl (C=O) groups excluding carboxylic acids is 2. The highest BCUT2D eigenvalue weighted by Crippen LogP contribution is 2.40. The summed E-state index contributed by atoms with van der Waals surface area (Å²) in [6, 6.07) is 19.3. The number of nitrogens with zero attached hydrogens (tertiary/aromatic N) is 2. The molecule has 5 nitrogen and oxygen atoms in total. The van der Waals surface area contributed by atoms with E-state index in [1.807, 2.05) is 72.6 Å². The van der Waals surface area contributed by atoms with Crippen LogP contribution in [0, 0.1) is 5.92 Å². The van der Waals surface area contributed by atoms with Crippen molar-refractivity contribution in [1.29, 1.82) is 0 Å². The van der Waals surface area contributed by atoms with E-state index in [0.29, 0.717) is 13.1 Å². The number of carbonyl (C=O) groups is 2. The first kappa shape index (κ1) is 16.0. The molecule has 25 heavy (non-hydrogen) atoms. The van der Waals surface area contributed by atoms with Crippen LogP contribution in [0.25, 0.3) is 0 Å². The summed E-state index contributed by atoms with van der Waals surface area (Å²) in [4.78, 5) is 27.1. The van der Waals surface area contributed by atoms with Gasteiger partial charge in [0.1, 0.15) is 6.04 Å². The Bertz CT molecular complexity index is 778. The molecule has 2 saturated heterocycles. The number of hydrogen-bond acceptors (Lipinski definition) is 4. The number of nitrogens with one attached hydrogen (secondary N) is 1. The molecule has 2 heterocycles. The molecule has 1 N–H and O–H groups in total. The average Bonchev–Trinajstić information content (AvgIpc) is 3.14. The number of likely N-dealkylation sites (N-methyl/N-ethyl adjacent to an activating group) is 1. The molecule has 2 aromatic carbocycles. The number of imide groups is 1. The molecule has 0 bridgehead atoms. The van der Waals surface area contributed by atoms with E-state index in [1.165, 1.54) is 4.90 Å². The van der Waals surface area contributed by atoms with Gasteiger partial charge in [0.2, 0.25) is 11.8 Å². The molecular weight excluding hydrogens is 314 g/mol. The number of fused-ring (bicyclic) bond motifs is 1. The summed E-state index contributed by atoms with van der Waals surface area (Å²) in [6.45, 7) is 2.86. The van der Waals surface area contributed by atoms with Crippen molar-refractivity contribution in [2.45, 2.75) is 25.6 Å². The Morgan fingerprint density at radius 1 is 0.920 bits per heavy atom. The van der Waals surface area contributed by atoms with Crippen molar-refractivity contribution in [3.63, 3.8) is 0 Å². The molecule has 2 fully saturated rings. The number of amides is 2. The summed E-state index contributed by atoms with van der Waals surface area (Å²) >= 11 is 0. The van der Waals surface area contributed by atoms with Gasteiger partial charge in [0, 0.05) is 13.1 Å². The molecule has 3 atom stereocenters. The van der Waals surface area contributed by atoms with Crippen LogP contribution < -0.4 is 5.43 Å². The van der Waals surface area contributed by atoms with Gasteiger partial charge in [0.25, 0.3) is 0 Å². The Labute approximate surface area is 147 Å². The van der Waals surface area contributed by atoms with Crippen molar-refractivity contribution in [2.24, 2.45) is 5.92 Å². The third-order valence-corrected chi connectivity index (χ3v) is 5.08. The van der Waals surface area contributed by atoms with Gasteiger partial charge in [-0.3, -0.25) is 14.5 Å². The predicted octanol–water partition coefficient (Wildman–Crippen LogP) is 2.12. The first-order valence-electron chi connectivity index (χ1n) is 8.67. The van der Waals surface area contributed by atoms with Crippen molar-refractivity contribution < 1.29 is 9.59 Å². The fourth-order valence-corrected chi connectivity index (χ4v) is 3.91. The lowest BCUT2D eigenvalue weighted by molar-refractivity contribution is -0.141. The van der Waals surface area contributed by atoms with Crippen LogP contribution in [0.15, 0.2) is 60.7 Å². The van der Waals surface area contributed by atoms with Crippen LogP contribution in [0.4, 0.5) is 0 Å². The Morgan fingerprint density at radius 2 is 1.56 bits per heavy atom. The fourth-order valence-electron chi connectivity index (χ4n) is 3.91. The van der Waals surface area contributed by atoms with Crippen molar-refractivity contribution in [2.75, 3.05) is 6.54 Å². The number of hydrogen-bond donors (Lipinski definition) is 1. The predicted molar refractivity (Wildman–Crippen MR) is 94.0 cm³/mol. The molecule has 0 saturated carbocycles. The number of hydrazine groups is 1. The highest BCUT2D eigenvalue weighted by Gasteiger charge is 2.57. The Hall–Kier alpha value is -2.50. The zero-order valence-corrected chi connectivity index (χ0v) is 14.1. The molecule has 2 aliphatic rings. The first-order chi connectivity index (χ1) is 12.2. The first-order valence-corrected chi connectivity index (χ1v) is 8.67. The van der Waals surface area contributed by atoms with Gasteiger partial charge >= 0.3 is 0 Å². The number of benzene rings is 2. The zero-order valence-electron chi connectivity index (χ0n) is 14.1. The van der Waals surface area contributed by atoms with Crippen LogP contribution >= 0.6 is 0 Å². The normalized spacial score (nSPS) is 26.3. The lowest BCUT2D eigenvalue weighted by atomic mass is 9.91. The second kappa shape index (κ2) is 6.43. The lowest BCUT2D eigenvalue weighted by Gasteiger charge is -2.24. The van der Waals surface area contributed by atoms with E-state index in [9.17, 15) is 9.59 Å². The van der Waals surface area contributed by atoms with Crippen LogP contribution in [-0.4, -0.2) is 34.3 Å². The minimum Gasteiger partial charge on any atom is -0.281 e.